The van der Waals surface area contributed by atoms with E-state index in [9.17, 15) is 13.0 Å². The largest absolute Gasteiger partial charge is 1.00 e. The van der Waals surface area contributed by atoms with Crippen molar-refractivity contribution < 1.29 is 42.5 Å². The molecule has 0 aliphatic heterocycles. The van der Waals surface area contributed by atoms with E-state index in [2.05, 4.69) is 0 Å². The Morgan fingerprint density at radius 1 is 1.36 bits per heavy atom. The van der Waals surface area contributed by atoms with E-state index in [1.54, 1.807) is 13.0 Å². The second-order valence-corrected chi connectivity index (χ2v) is 4.20. The monoisotopic (exact) mass is 222 g/mol. The van der Waals surface area contributed by atoms with E-state index < -0.39 is 10.1 Å². The van der Waals surface area contributed by atoms with Crippen LogP contribution in [0.1, 0.15) is 18.1 Å². The van der Waals surface area contributed by atoms with Crippen molar-refractivity contribution in [2.24, 2.45) is 0 Å². The first kappa shape index (κ1) is 14.1. The van der Waals surface area contributed by atoms with Gasteiger partial charge >= 0.3 is 29.6 Å². The third kappa shape index (κ3) is 3.07. The van der Waals surface area contributed by atoms with Gasteiger partial charge in [0.25, 0.3) is 0 Å². The summed E-state index contributed by atoms with van der Waals surface area (Å²) in [5.74, 6) is 0. The first-order valence-corrected chi connectivity index (χ1v) is 5.42. The van der Waals surface area contributed by atoms with Crippen molar-refractivity contribution in [1.82, 2.24) is 0 Å². The van der Waals surface area contributed by atoms with E-state index in [0.29, 0.717) is 5.56 Å². The van der Waals surface area contributed by atoms with Gasteiger partial charge in [0.2, 0.25) is 0 Å². The first-order chi connectivity index (χ1) is 5.96. The minimum absolute atomic E-state index is 0. The zero-order chi connectivity index (χ0) is 10.1. The van der Waals surface area contributed by atoms with E-state index >= 15 is 0 Å². The van der Waals surface area contributed by atoms with Gasteiger partial charge in [-0.2, -0.15) is 0 Å². The molecule has 1 aromatic carbocycles. The summed E-state index contributed by atoms with van der Waals surface area (Å²) in [6.07, 6.45) is 0.731. The van der Waals surface area contributed by atoms with Gasteiger partial charge in [-0.25, -0.2) is 8.42 Å². The minimum Gasteiger partial charge on any atom is -0.744 e. The number of rotatable bonds is 2. The van der Waals surface area contributed by atoms with Gasteiger partial charge in [0.15, 0.2) is 0 Å². The molecule has 0 saturated carbocycles. The first-order valence-electron chi connectivity index (χ1n) is 4.01. The molecule has 1 rings (SSSR count). The number of hydrogen-bond donors (Lipinski definition) is 0. The van der Waals surface area contributed by atoms with Crippen molar-refractivity contribution in [1.29, 1.82) is 0 Å². The summed E-state index contributed by atoms with van der Waals surface area (Å²) in [4.78, 5) is -0.105. The quantitative estimate of drug-likeness (QED) is 0.450. The molecule has 0 saturated heterocycles. The SMILES string of the molecule is CCc1cccc(S(=O)(=O)[O-])c1C.[Na+]. The summed E-state index contributed by atoms with van der Waals surface area (Å²) in [5.41, 5.74) is 1.47. The fourth-order valence-corrected chi connectivity index (χ4v) is 2.07. The Morgan fingerprint density at radius 2 is 1.93 bits per heavy atom. The summed E-state index contributed by atoms with van der Waals surface area (Å²) < 4.78 is 32.3. The minimum atomic E-state index is -4.32. The zero-order valence-electron chi connectivity index (χ0n) is 8.57. The molecule has 72 valence electrons. The van der Waals surface area contributed by atoms with Crippen LogP contribution in [0.25, 0.3) is 0 Å². The molecular formula is C9H11NaO3S. The predicted octanol–water partition coefficient (Wildman–Crippen LogP) is -1.53. The third-order valence-corrected chi connectivity index (χ3v) is 3.03. The maximum absolute atomic E-state index is 10.8. The van der Waals surface area contributed by atoms with Crippen LogP contribution in [-0.4, -0.2) is 13.0 Å². The zero-order valence-corrected chi connectivity index (χ0v) is 11.4. The van der Waals surface area contributed by atoms with Crippen LogP contribution in [0.15, 0.2) is 23.1 Å². The Labute approximate surface area is 107 Å². The molecule has 5 heteroatoms. The van der Waals surface area contributed by atoms with Crippen molar-refractivity contribution in [3.8, 4) is 0 Å². The Morgan fingerprint density at radius 3 is 2.36 bits per heavy atom. The Balaban J connectivity index is 0.00000169. The van der Waals surface area contributed by atoms with Crippen molar-refractivity contribution in [3.63, 3.8) is 0 Å². The van der Waals surface area contributed by atoms with E-state index in [0.717, 1.165) is 12.0 Å². The number of hydrogen-bond acceptors (Lipinski definition) is 3. The predicted molar refractivity (Wildman–Crippen MR) is 48.5 cm³/mol. The molecule has 0 spiro atoms. The fourth-order valence-electron chi connectivity index (χ4n) is 1.31. The van der Waals surface area contributed by atoms with Gasteiger partial charge in [-0.05, 0) is 30.5 Å². The molecule has 0 bridgehead atoms. The number of aryl methyl sites for hydroxylation is 1. The van der Waals surface area contributed by atoms with Crippen LogP contribution in [0.2, 0.25) is 0 Å². The van der Waals surface area contributed by atoms with Gasteiger partial charge in [0.05, 0.1) is 4.90 Å². The van der Waals surface area contributed by atoms with Crippen LogP contribution in [-0.2, 0) is 16.5 Å². The molecule has 0 amide bonds. The van der Waals surface area contributed by atoms with Crippen LogP contribution >= 0.6 is 0 Å². The number of benzene rings is 1. The van der Waals surface area contributed by atoms with Crippen LogP contribution < -0.4 is 29.6 Å². The maximum atomic E-state index is 10.8. The average Bonchev–Trinajstić information content (AvgIpc) is 2.02. The standard InChI is InChI=1S/C9H12O3S.Na/c1-3-8-5-4-6-9(7(8)2)13(10,11)12;/h4-6H,3H2,1-2H3,(H,10,11,12);/q;+1/p-1. The van der Waals surface area contributed by atoms with Crippen LogP contribution in [0.4, 0.5) is 0 Å². The average molecular weight is 222 g/mol. The molecule has 0 aliphatic carbocycles. The van der Waals surface area contributed by atoms with Crippen LogP contribution in [0.5, 0.6) is 0 Å². The normalized spacial score (nSPS) is 10.8. The van der Waals surface area contributed by atoms with Crippen LogP contribution in [0, 0.1) is 6.92 Å². The van der Waals surface area contributed by atoms with Gasteiger partial charge in [-0.1, -0.05) is 19.1 Å². The molecule has 3 nitrogen and oxygen atoms in total. The van der Waals surface area contributed by atoms with Gasteiger partial charge in [0, 0.05) is 0 Å². The summed E-state index contributed by atoms with van der Waals surface area (Å²) in [6.45, 7) is 3.58. The second kappa shape index (κ2) is 5.28. The van der Waals surface area contributed by atoms with Crippen molar-refractivity contribution in [2.75, 3.05) is 0 Å². The molecule has 0 N–H and O–H groups in total. The van der Waals surface area contributed by atoms with Crippen LogP contribution in [0.3, 0.4) is 0 Å². The van der Waals surface area contributed by atoms with Crippen molar-refractivity contribution >= 4 is 10.1 Å². The summed E-state index contributed by atoms with van der Waals surface area (Å²) >= 11 is 0. The molecular weight excluding hydrogens is 211 g/mol. The third-order valence-electron chi connectivity index (χ3n) is 2.05. The van der Waals surface area contributed by atoms with Gasteiger partial charge < -0.3 is 4.55 Å². The van der Waals surface area contributed by atoms with E-state index in [1.807, 2.05) is 13.0 Å². The fraction of sp³-hybridized carbons (Fsp3) is 0.333. The molecule has 1 aromatic rings. The van der Waals surface area contributed by atoms with Gasteiger partial charge in [-0.3, -0.25) is 0 Å². The molecule has 14 heavy (non-hydrogen) atoms. The maximum Gasteiger partial charge on any atom is 1.00 e. The Bertz CT molecular complexity index is 412. The topological polar surface area (TPSA) is 57.2 Å². The summed E-state index contributed by atoms with van der Waals surface area (Å²) in [7, 11) is -4.32. The van der Waals surface area contributed by atoms with E-state index in [4.69, 9.17) is 0 Å². The molecule has 0 fully saturated rings. The Hall–Kier alpha value is 0.130. The molecule has 0 unspecified atom stereocenters. The van der Waals surface area contributed by atoms with E-state index in [-0.39, 0.29) is 34.5 Å². The van der Waals surface area contributed by atoms with Gasteiger partial charge in [-0.15, -0.1) is 0 Å². The van der Waals surface area contributed by atoms with Gasteiger partial charge in [0.1, 0.15) is 10.1 Å². The van der Waals surface area contributed by atoms with Crippen molar-refractivity contribution in [2.45, 2.75) is 25.2 Å². The van der Waals surface area contributed by atoms with Crippen molar-refractivity contribution in [3.05, 3.63) is 29.3 Å². The van der Waals surface area contributed by atoms with E-state index in [1.165, 1.54) is 6.07 Å². The Kier molecular flexibility index (Phi) is 5.33. The molecule has 0 heterocycles. The second-order valence-electron chi connectivity index (χ2n) is 2.85. The smallest absolute Gasteiger partial charge is 0.744 e. The summed E-state index contributed by atoms with van der Waals surface area (Å²) in [5, 5.41) is 0. The molecule has 0 aromatic heterocycles. The molecule has 0 atom stereocenters. The molecule has 0 aliphatic rings. The summed E-state index contributed by atoms with van der Waals surface area (Å²) in [6, 6.07) is 4.76. The molecule has 0 radical (unpaired) electrons.